The van der Waals surface area contributed by atoms with Crippen molar-refractivity contribution in [2.75, 3.05) is 30.0 Å². The Hall–Kier alpha value is -1.52. The van der Waals surface area contributed by atoms with E-state index in [1.54, 1.807) is 7.05 Å². The van der Waals surface area contributed by atoms with Gasteiger partial charge >= 0.3 is 0 Å². The topological polar surface area (TPSA) is 75.9 Å². The fourth-order valence-electron chi connectivity index (χ4n) is 1.17. The van der Waals surface area contributed by atoms with E-state index in [0.717, 1.165) is 24.6 Å². The van der Waals surface area contributed by atoms with E-state index in [0.29, 0.717) is 5.92 Å². The summed E-state index contributed by atoms with van der Waals surface area (Å²) in [5.41, 5.74) is 5.56. The molecule has 0 fully saturated rings. The van der Waals surface area contributed by atoms with Crippen molar-refractivity contribution in [2.45, 2.75) is 20.3 Å². The third-order valence-corrected chi connectivity index (χ3v) is 2.03. The standard InChI is InChI=1S/C10H19N5/c1-7(2)4-5-13-9-6-8(12-3)14-10(11)15-9/h6-7H,4-5H2,1-3H3,(H4,11,12,13,14,15). The Labute approximate surface area is 90.5 Å². The predicted octanol–water partition coefficient (Wildman–Crippen LogP) is 1.56. The normalized spacial score (nSPS) is 10.4. The highest BCUT2D eigenvalue weighted by Crippen LogP contribution is 2.12. The van der Waals surface area contributed by atoms with Crippen molar-refractivity contribution in [1.82, 2.24) is 9.97 Å². The van der Waals surface area contributed by atoms with Gasteiger partial charge in [-0.3, -0.25) is 0 Å². The van der Waals surface area contributed by atoms with E-state index in [1.165, 1.54) is 0 Å². The van der Waals surface area contributed by atoms with Gasteiger partial charge in [-0.15, -0.1) is 0 Å². The van der Waals surface area contributed by atoms with Gasteiger partial charge in [0.2, 0.25) is 5.95 Å². The minimum Gasteiger partial charge on any atom is -0.373 e. The van der Waals surface area contributed by atoms with Crippen LogP contribution in [0.3, 0.4) is 0 Å². The second-order valence-electron chi connectivity index (χ2n) is 3.86. The number of nitrogens with two attached hydrogens (primary N) is 1. The van der Waals surface area contributed by atoms with E-state index in [2.05, 4.69) is 34.4 Å². The van der Waals surface area contributed by atoms with Crippen molar-refractivity contribution in [2.24, 2.45) is 5.92 Å². The molecule has 15 heavy (non-hydrogen) atoms. The molecule has 0 saturated carbocycles. The highest BCUT2D eigenvalue weighted by molar-refractivity contribution is 5.50. The van der Waals surface area contributed by atoms with Gasteiger partial charge in [-0.25, -0.2) is 0 Å². The quantitative estimate of drug-likeness (QED) is 0.686. The Balaban J connectivity index is 2.56. The molecule has 0 atom stereocenters. The van der Waals surface area contributed by atoms with Gasteiger partial charge in [0.15, 0.2) is 0 Å². The Bertz CT molecular complexity index is 311. The van der Waals surface area contributed by atoms with Crippen LogP contribution >= 0.6 is 0 Å². The summed E-state index contributed by atoms with van der Waals surface area (Å²) in [6.45, 7) is 5.28. The first kappa shape index (κ1) is 11.6. The molecular formula is C10H19N5. The lowest BCUT2D eigenvalue weighted by molar-refractivity contribution is 0.606. The molecule has 5 heteroatoms. The second-order valence-corrected chi connectivity index (χ2v) is 3.86. The summed E-state index contributed by atoms with van der Waals surface area (Å²) in [5, 5.41) is 6.16. The van der Waals surface area contributed by atoms with Crippen LogP contribution in [-0.2, 0) is 0 Å². The first-order chi connectivity index (χ1) is 7.11. The van der Waals surface area contributed by atoms with Gasteiger partial charge in [0.25, 0.3) is 0 Å². The third kappa shape index (κ3) is 4.01. The number of anilines is 3. The first-order valence-electron chi connectivity index (χ1n) is 5.18. The van der Waals surface area contributed by atoms with Gasteiger partial charge in [0, 0.05) is 19.7 Å². The molecule has 0 bridgehead atoms. The predicted molar refractivity (Wildman–Crippen MR) is 63.9 cm³/mol. The van der Waals surface area contributed by atoms with Gasteiger partial charge < -0.3 is 16.4 Å². The summed E-state index contributed by atoms with van der Waals surface area (Å²) in [4.78, 5) is 8.11. The fraction of sp³-hybridized carbons (Fsp3) is 0.600. The monoisotopic (exact) mass is 209 g/mol. The lowest BCUT2D eigenvalue weighted by Gasteiger charge is -2.09. The van der Waals surface area contributed by atoms with Gasteiger partial charge in [-0.05, 0) is 12.3 Å². The maximum Gasteiger partial charge on any atom is 0.223 e. The zero-order chi connectivity index (χ0) is 11.3. The molecule has 0 aliphatic heterocycles. The molecule has 0 radical (unpaired) electrons. The average Bonchev–Trinajstić information content (AvgIpc) is 2.16. The summed E-state index contributed by atoms with van der Waals surface area (Å²) in [6.07, 6.45) is 1.11. The van der Waals surface area contributed by atoms with Crippen LogP contribution in [0.1, 0.15) is 20.3 Å². The number of hydrogen-bond acceptors (Lipinski definition) is 5. The van der Waals surface area contributed by atoms with Gasteiger partial charge in [-0.1, -0.05) is 13.8 Å². The van der Waals surface area contributed by atoms with Gasteiger partial charge in [0.1, 0.15) is 11.6 Å². The second kappa shape index (κ2) is 5.38. The lowest BCUT2D eigenvalue weighted by Crippen LogP contribution is -2.09. The number of nitrogens with zero attached hydrogens (tertiary/aromatic N) is 2. The smallest absolute Gasteiger partial charge is 0.223 e. The molecule has 0 saturated heterocycles. The lowest BCUT2D eigenvalue weighted by atomic mass is 10.1. The molecule has 1 heterocycles. The average molecular weight is 209 g/mol. The summed E-state index contributed by atoms with van der Waals surface area (Å²) in [7, 11) is 1.81. The molecule has 1 rings (SSSR count). The van der Waals surface area contributed by atoms with Crippen molar-refractivity contribution >= 4 is 17.6 Å². The van der Waals surface area contributed by atoms with Crippen LogP contribution in [0.4, 0.5) is 17.6 Å². The molecule has 5 nitrogen and oxygen atoms in total. The summed E-state index contributed by atoms with van der Waals surface area (Å²) < 4.78 is 0. The Kier molecular flexibility index (Phi) is 4.15. The molecule has 0 aliphatic carbocycles. The fourth-order valence-corrected chi connectivity index (χ4v) is 1.17. The van der Waals surface area contributed by atoms with Crippen LogP contribution in [0.25, 0.3) is 0 Å². The third-order valence-electron chi connectivity index (χ3n) is 2.03. The van der Waals surface area contributed by atoms with Crippen molar-refractivity contribution in [3.05, 3.63) is 6.07 Å². The van der Waals surface area contributed by atoms with E-state index in [4.69, 9.17) is 5.73 Å². The Morgan fingerprint density at radius 1 is 1.33 bits per heavy atom. The highest BCUT2D eigenvalue weighted by atomic mass is 15.1. The van der Waals surface area contributed by atoms with Crippen LogP contribution in [0, 0.1) is 5.92 Å². The van der Waals surface area contributed by atoms with E-state index < -0.39 is 0 Å². The van der Waals surface area contributed by atoms with Crippen LogP contribution in [0.2, 0.25) is 0 Å². The maximum atomic E-state index is 5.56. The van der Waals surface area contributed by atoms with Gasteiger partial charge in [-0.2, -0.15) is 9.97 Å². The maximum absolute atomic E-state index is 5.56. The van der Waals surface area contributed by atoms with E-state index in [1.807, 2.05) is 6.07 Å². The molecule has 84 valence electrons. The molecule has 1 aromatic rings. The van der Waals surface area contributed by atoms with Crippen LogP contribution in [-0.4, -0.2) is 23.6 Å². The number of nitrogens with one attached hydrogen (secondary N) is 2. The molecule has 0 aromatic carbocycles. The minimum atomic E-state index is 0.286. The Morgan fingerprint density at radius 2 is 2.00 bits per heavy atom. The minimum absolute atomic E-state index is 0.286. The molecular weight excluding hydrogens is 190 g/mol. The zero-order valence-electron chi connectivity index (χ0n) is 9.54. The van der Waals surface area contributed by atoms with Crippen LogP contribution in [0.5, 0.6) is 0 Å². The van der Waals surface area contributed by atoms with Crippen molar-refractivity contribution in [1.29, 1.82) is 0 Å². The summed E-state index contributed by atoms with van der Waals surface area (Å²) in [6, 6.07) is 1.84. The molecule has 0 spiro atoms. The van der Waals surface area contributed by atoms with E-state index >= 15 is 0 Å². The van der Waals surface area contributed by atoms with Gasteiger partial charge in [0.05, 0.1) is 0 Å². The molecule has 0 aliphatic rings. The number of rotatable bonds is 5. The van der Waals surface area contributed by atoms with Crippen molar-refractivity contribution in [3.63, 3.8) is 0 Å². The molecule has 0 unspecified atom stereocenters. The van der Waals surface area contributed by atoms with Crippen LogP contribution in [0.15, 0.2) is 6.07 Å². The molecule has 4 N–H and O–H groups in total. The molecule has 1 aromatic heterocycles. The first-order valence-corrected chi connectivity index (χ1v) is 5.18. The molecule has 0 amide bonds. The van der Waals surface area contributed by atoms with Crippen LogP contribution < -0.4 is 16.4 Å². The summed E-state index contributed by atoms with van der Waals surface area (Å²) in [5.74, 6) is 2.47. The van der Waals surface area contributed by atoms with Crippen molar-refractivity contribution < 1.29 is 0 Å². The largest absolute Gasteiger partial charge is 0.373 e. The number of aromatic nitrogens is 2. The number of nitrogen functional groups attached to an aromatic ring is 1. The Morgan fingerprint density at radius 3 is 2.60 bits per heavy atom. The summed E-state index contributed by atoms with van der Waals surface area (Å²) >= 11 is 0. The zero-order valence-corrected chi connectivity index (χ0v) is 9.54. The highest BCUT2D eigenvalue weighted by Gasteiger charge is 2.00. The SMILES string of the molecule is CNc1cc(NCCC(C)C)nc(N)n1. The van der Waals surface area contributed by atoms with E-state index in [9.17, 15) is 0 Å². The van der Waals surface area contributed by atoms with E-state index in [-0.39, 0.29) is 5.95 Å². The van der Waals surface area contributed by atoms with Crippen molar-refractivity contribution in [3.8, 4) is 0 Å². The number of hydrogen-bond donors (Lipinski definition) is 3.